The van der Waals surface area contributed by atoms with Crippen molar-refractivity contribution in [3.8, 4) is 0 Å². The molecular weight excluding hydrogens is 452 g/mol. The maximum absolute atomic E-state index is 12.9. The van der Waals surface area contributed by atoms with E-state index < -0.39 is 33.1 Å². The molecule has 12 heteroatoms. The normalized spacial score (nSPS) is 11.6. The van der Waals surface area contributed by atoms with E-state index in [9.17, 15) is 29.8 Å². The zero-order valence-corrected chi connectivity index (χ0v) is 17.8. The van der Waals surface area contributed by atoms with Crippen molar-refractivity contribution in [3.05, 3.63) is 85.2 Å². The summed E-state index contributed by atoms with van der Waals surface area (Å²) in [5.41, 5.74) is -0.886. The highest BCUT2D eigenvalue weighted by Gasteiger charge is 2.20. The molecule has 0 fully saturated rings. The molecule has 1 amide bonds. The lowest BCUT2D eigenvalue weighted by atomic mass is 10.1. The van der Waals surface area contributed by atoms with Gasteiger partial charge in [-0.15, -0.1) is 0 Å². The Morgan fingerprint density at radius 1 is 1.03 bits per heavy atom. The molecule has 166 valence electrons. The highest BCUT2D eigenvalue weighted by Crippen LogP contribution is 2.28. The second kappa shape index (κ2) is 8.59. The van der Waals surface area contributed by atoms with Gasteiger partial charge in [0.15, 0.2) is 4.80 Å². The number of thiazole rings is 1. The molecule has 1 heterocycles. The fourth-order valence-electron chi connectivity index (χ4n) is 3.31. The standard InChI is InChI=1S/C21H14N4O7S/c1-32-18(26)11-23-17-7-6-12-4-2-3-5-16(12)19(17)33-21(23)22-20(27)13-8-14(24(28)29)10-15(9-13)25(30)31/h2-10H,11H2,1H3. The van der Waals surface area contributed by atoms with E-state index in [1.165, 1.54) is 11.7 Å². The van der Waals surface area contributed by atoms with Crippen molar-refractivity contribution in [3.63, 3.8) is 0 Å². The van der Waals surface area contributed by atoms with E-state index in [0.29, 0.717) is 5.52 Å². The van der Waals surface area contributed by atoms with Crippen molar-refractivity contribution in [2.24, 2.45) is 4.99 Å². The quantitative estimate of drug-likeness (QED) is 0.248. The third-order valence-electron chi connectivity index (χ3n) is 4.86. The number of benzene rings is 3. The van der Waals surface area contributed by atoms with Crippen LogP contribution in [0.2, 0.25) is 0 Å². The monoisotopic (exact) mass is 466 g/mol. The Labute approximate surface area is 188 Å². The summed E-state index contributed by atoms with van der Waals surface area (Å²) in [6.45, 7) is -0.226. The van der Waals surface area contributed by atoms with E-state index in [2.05, 4.69) is 4.99 Å². The predicted molar refractivity (Wildman–Crippen MR) is 119 cm³/mol. The van der Waals surface area contributed by atoms with E-state index in [1.54, 1.807) is 6.07 Å². The van der Waals surface area contributed by atoms with Crippen molar-refractivity contribution in [2.45, 2.75) is 6.54 Å². The van der Waals surface area contributed by atoms with Gasteiger partial charge in [-0.1, -0.05) is 41.7 Å². The van der Waals surface area contributed by atoms with Gasteiger partial charge in [0.2, 0.25) is 0 Å². The Bertz CT molecular complexity index is 1500. The van der Waals surface area contributed by atoms with Crippen molar-refractivity contribution in [2.75, 3.05) is 7.11 Å². The Morgan fingerprint density at radius 3 is 2.33 bits per heavy atom. The van der Waals surface area contributed by atoms with Gasteiger partial charge in [0.25, 0.3) is 17.3 Å². The van der Waals surface area contributed by atoms with Crippen LogP contribution in [0.4, 0.5) is 11.4 Å². The molecular formula is C21H14N4O7S. The van der Waals surface area contributed by atoms with Gasteiger partial charge in [-0.05, 0) is 11.5 Å². The molecule has 0 bridgehead atoms. The molecule has 0 saturated heterocycles. The fourth-order valence-corrected chi connectivity index (χ4v) is 4.47. The van der Waals surface area contributed by atoms with Gasteiger partial charge in [-0.3, -0.25) is 29.8 Å². The summed E-state index contributed by atoms with van der Waals surface area (Å²) in [4.78, 5) is 49.7. The molecule has 0 aliphatic carbocycles. The van der Waals surface area contributed by atoms with Crippen LogP contribution in [0, 0.1) is 20.2 Å². The van der Waals surface area contributed by atoms with Crippen LogP contribution in [0.5, 0.6) is 0 Å². The van der Waals surface area contributed by atoms with Crippen LogP contribution in [0.1, 0.15) is 10.4 Å². The van der Waals surface area contributed by atoms with Crippen LogP contribution >= 0.6 is 11.3 Å². The first-order chi connectivity index (χ1) is 15.8. The molecule has 4 aromatic rings. The van der Waals surface area contributed by atoms with Gasteiger partial charge < -0.3 is 9.30 Å². The number of non-ortho nitro benzene ring substituents is 2. The molecule has 1 aromatic heterocycles. The minimum absolute atomic E-state index is 0.144. The van der Waals surface area contributed by atoms with Crippen LogP contribution in [-0.4, -0.2) is 33.4 Å². The number of ether oxygens (including phenoxy) is 1. The SMILES string of the molecule is COC(=O)Cn1c(=NC(=O)c2cc([N+](=O)[O-])cc([N+](=O)[O-])c2)sc2c3ccccc3ccc21. The van der Waals surface area contributed by atoms with Gasteiger partial charge in [-0.2, -0.15) is 4.99 Å². The van der Waals surface area contributed by atoms with Crippen LogP contribution < -0.4 is 4.80 Å². The van der Waals surface area contributed by atoms with E-state index in [0.717, 1.165) is 45.0 Å². The number of rotatable bonds is 5. The Morgan fingerprint density at radius 2 is 1.70 bits per heavy atom. The largest absolute Gasteiger partial charge is 0.468 e. The van der Waals surface area contributed by atoms with Crippen molar-refractivity contribution in [1.82, 2.24) is 4.57 Å². The molecule has 0 N–H and O–H groups in total. The number of carbonyl (C=O) groups excluding carboxylic acids is 2. The molecule has 0 spiro atoms. The number of nitrogens with zero attached hydrogens (tertiary/aromatic N) is 4. The van der Waals surface area contributed by atoms with Gasteiger partial charge in [0.1, 0.15) is 6.54 Å². The number of hydrogen-bond acceptors (Lipinski definition) is 8. The molecule has 0 saturated carbocycles. The summed E-state index contributed by atoms with van der Waals surface area (Å²) in [6.07, 6.45) is 0. The van der Waals surface area contributed by atoms with Crippen LogP contribution in [0.25, 0.3) is 21.0 Å². The number of nitro groups is 2. The predicted octanol–water partition coefficient (Wildman–Crippen LogP) is 3.59. The smallest absolute Gasteiger partial charge is 0.325 e. The number of esters is 1. The summed E-state index contributed by atoms with van der Waals surface area (Å²) in [5, 5.41) is 24.1. The minimum atomic E-state index is -0.920. The van der Waals surface area contributed by atoms with Crippen molar-refractivity contribution >= 4 is 55.6 Å². The summed E-state index contributed by atoms with van der Waals surface area (Å²) < 4.78 is 7.03. The molecule has 3 aromatic carbocycles. The molecule has 4 rings (SSSR count). The summed E-state index contributed by atoms with van der Waals surface area (Å²) in [6, 6.07) is 13.8. The molecule has 33 heavy (non-hydrogen) atoms. The van der Waals surface area contributed by atoms with E-state index >= 15 is 0 Å². The molecule has 0 unspecified atom stereocenters. The second-order valence-electron chi connectivity index (χ2n) is 6.85. The number of aromatic nitrogens is 1. The average Bonchev–Trinajstić information content (AvgIpc) is 3.15. The lowest BCUT2D eigenvalue weighted by Gasteiger charge is -2.05. The molecule has 0 atom stereocenters. The van der Waals surface area contributed by atoms with Gasteiger partial charge >= 0.3 is 5.97 Å². The Kier molecular flexibility index (Phi) is 5.67. The topological polar surface area (TPSA) is 147 Å². The molecule has 0 radical (unpaired) electrons. The van der Waals surface area contributed by atoms with Gasteiger partial charge in [-0.25, -0.2) is 0 Å². The number of methoxy groups -OCH3 is 1. The lowest BCUT2D eigenvalue weighted by molar-refractivity contribution is -0.394. The first kappa shape index (κ1) is 21.8. The number of hydrogen-bond donors (Lipinski definition) is 0. The zero-order valence-electron chi connectivity index (χ0n) is 17.0. The molecule has 0 aliphatic rings. The maximum atomic E-state index is 12.9. The number of nitro benzene ring substituents is 2. The Balaban J connectivity index is 1.94. The fraction of sp³-hybridized carbons (Fsp3) is 0.0952. The summed E-state index contributed by atoms with van der Waals surface area (Å²) in [5.74, 6) is -1.49. The summed E-state index contributed by atoms with van der Waals surface area (Å²) in [7, 11) is 1.23. The van der Waals surface area contributed by atoms with E-state index in [4.69, 9.17) is 4.74 Å². The molecule has 0 aliphatic heterocycles. The highest BCUT2D eigenvalue weighted by atomic mass is 32.1. The summed E-state index contributed by atoms with van der Waals surface area (Å²) >= 11 is 1.15. The third kappa shape index (κ3) is 4.19. The minimum Gasteiger partial charge on any atom is -0.468 e. The lowest BCUT2D eigenvalue weighted by Crippen LogP contribution is -2.22. The Hall–Kier alpha value is -4.45. The first-order valence-electron chi connectivity index (χ1n) is 9.39. The average molecular weight is 466 g/mol. The van der Waals surface area contributed by atoms with Gasteiger partial charge in [0, 0.05) is 17.5 Å². The third-order valence-corrected chi connectivity index (χ3v) is 5.98. The number of fused-ring (bicyclic) bond motifs is 3. The van der Waals surface area contributed by atoms with Crippen molar-refractivity contribution < 1.29 is 24.2 Å². The molecule has 11 nitrogen and oxygen atoms in total. The van der Waals surface area contributed by atoms with Gasteiger partial charge in [0.05, 0.1) is 38.8 Å². The van der Waals surface area contributed by atoms with Crippen LogP contribution in [0.3, 0.4) is 0 Å². The van der Waals surface area contributed by atoms with E-state index in [-0.39, 0.29) is 16.9 Å². The van der Waals surface area contributed by atoms with Crippen LogP contribution in [0.15, 0.2) is 59.6 Å². The van der Waals surface area contributed by atoms with Crippen molar-refractivity contribution in [1.29, 1.82) is 0 Å². The number of amides is 1. The first-order valence-corrected chi connectivity index (χ1v) is 10.2. The van der Waals surface area contributed by atoms with E-state index in [1.807, 2.05) is 30.3 Å². The number of carbonyl (C=O) groups is 2. The van der Waals surface area contributed by atoms with Crippen LogP contribution in [-0.2, 0) is 16.1 Å². The zero-order chi connectivity index (χ0) is 23.7. The highest BCUT2D eigenvalue weighted by molar-refractivity contribution is 7.17. The maximum Gasteiger partial charge on any atom is 0.325 e. The second-order valence-corrected chi connectivity index (χ2v) is 7.83.